The summed E-state index contributed by atoms with van der Waals surface area (Å²) in [4.78, 5) is 4.24. The van der Waals surface area contributed by atoms with Crippen molar-refractivity contribution in [1.29, 1.82) is 0 Å². The molecule has 1 aromatic carbocycles. The van der Waals surface area contributed by atoms with Gasteiger partial charge in [-0.05, 0) is 12.1 Å². The molecule has 0 amide bonds. The number of ether oxygens (including phenoxy) is 2. The van der Waals surface area contributed by atoms with Crippen LogP contribution in [0.4, 0.5) is 0 Å². The van der Waals surface area contributed by atoms with Crippen LogP contribution in [0.2, 0.25) is 0 Å². The van der Waals surface area contributed by atoms with Gasteiger partial charge in [0.1, 0.15) is 5.75 Å². The molecule has 21 heavy (non-hydrogen) atoms. The average molecular weight is 284 g/mol. The topological polar surface area (TPSA) is 43.4 Å². The Labute approximate surface area is 125 Å². The van der Waals surface area contributed by atoms with E-state index in [0.717, 1.165) is 24.5 Å². The lowest BCUT2D eigenvalue weighted by atomic mass is 9.92. The van der Waals surface area contributed by atoms with Crippen LogP contribution in [0.1, 0.15) is 24.1 Å². The van der Waals surface area contributed by atoms with Crippen molar-refractivity contribution >= 4 is 0 Å². The highest BCUT2D eigenvalue weighted by molar-refractivity contribution is 5.38. The van der Waals surface area contributed by atoms with Crippen LogP contribution in [0, 0.1) is 5.92 Å². The monoisotopic (exact) mass is 284 g/mol. The van der Waals surface area contributed by atoms with Crippen LogP contribution in [0.15, 0.2) is 42.6 Å². The van der Waals surface area contributed by atoms with Crippen molar-refractivity contribution in [3.8, 4) is 11.6 Å². The van der Waals surface area contributed by atoms with Crippen molar-refractivity contribution in [1.82, 2.24) is 10.3 Å². The van der Waals surface area contributed by atoms with Crippen molar-refractivity contribution in [3.63, 3.8) is 0 Å². The van der Waals surface area contributed by atoms with Crippen LogP contribution in [0.3, 0.4) is 0 Å². The Kier molecular flexibility index (Phi) is 4.06. The minimum atomic E-state index is 0.278. The summed E-state index contributed by atoms with van der Waals surface area (Å²) in [6.07, 6.45) is 1.74. The van der Waals surface area contributed by atoms with E-state index in [4.69, 9.17) is 9.47 Å². The van der Waals surface area contributed by atoms with Crippen LogP contribution in [0.25, 0.3) is 0 Å². The highest BCUT2D eigenvalue weighted by Gasteiger charge is 2.27. The largest absolute Gasteiger partial charge is 0.493 e. The van der Waals surface area contributed by atoms with Crippen LogP contribution in [0.5, 0.6) is 11.6 Å². The van der Waals surface area contributed by atoms with Crippen molar-refractivity contribution in [2.24, 2.45) is 5.92 Å². The molecule has 2 heterocycles. The van der Waals surface area contributed by atoms with E-state index in [1.54, 1.807) is 13.3 Å². The number of para-hydroxylation sites is 1. The number of hydrogen-bond acceptors (Lipinski definition) is 4. The lowest BCUT2D eigenvalue weighted by Crippen LogP contribution is -2.33. The predicted octanol–water partition coefficient (Wildman–Crippen LogP) is 2.95. The average Bonchev–Trinajstić information content (AvgIpc) is 2.54. The fourth-order valence-electron chi connectivity index (χ4n) is 2.77. The third-order valence-electron chi connectivity index (χ3n) is 3.88. The Bertz CT molecular complexity index is 615. The highest BCUT2D eigenvalue weighted by atomic mass is 16.5. The van der Waals surface area contributed by atoms with Crippen molar-refractivity contribution in [2.75, 3.05) is 13.7 Å². The quantitative estimate of drug-likeness (QED) is 0.937. The maximum absolute atomic E-state index is 5.79. The SMILES string of the molecule is COc1ncccc1CNC1c2ccccc2OCC1C. The molecule has 0 saturated carbocycles. The number of methoxy groups -OCH3 is 1. The van der Waals surface area contributed by atoms with Gasteiger partial charge in [-0.3, -0.25) is 0 Å². The molecule has 4 nitrogen and oxygen atoms in total. The summed E-state index contributed by atoms with van der Waals surface area (Å²) in [6.45, 7) is 3.66. The molecule has 1 aliphatic heterocycles. The normalized spacial score (nSPS) is 20.5. The molecule has 110 valence electrons. The predicted molar refractivity (Wildman–Crippen MR) is 81.5 cm³/mol. The van der Waals surface area contributed by atoms with E-state index in [-0.39, 0.29) is 6.04 Å². The van der Waals surface area contributed by atoms with Crippen LogP contribution < -0.4 is 14.8 Å². The first-order valence-corrected chi connectivity index (χ1v) is 7.22. The zero-order valence-corrected chi connectivity index (χ0v) is 12.4. The molecule has 0 aliphatic carbocycles. The second kappa shape index (κ2) is 6.14. The Morgan fingerprint density at radius 3 is 3.00 bits per heavy atom. The van der Waals surface area contributed by atoms with Gasteiger partial charge in [0.2, 0.25) is 5.88 Å². The minimum absolute atomic E-state index is 0.278. The number of hydrogen-bond donors (Lipinski definition) is 1. The third-order valence-corrected chi connectivity index (χ3v) is 3.88. The fraction of sp³-hybridized carbons (Fsp3) is 0.353. The number of pyridine rings is 1. The molecule has 3 rings (SSSR count). The Hall–Kier alpha value is -2.07. The molecule has 0 bridgehead atoms. The van der Waals surface area contributed by atoms with Gasteiger partial charge in [-0.2, -0.15) is 0 Å². The first kappa shape index (κ1) is 13.9. The van der Waals surface area contributed by atoms with Gasteiger partial charge in [-0.1, -0.05) is 31.2 Å². The Morgan fingerprint density at radius 1 is 1.29 bits per heavy atom. The minimum Gasteiger partial charge on any atom is -0.493 e. The molecule has 2 atom stereocenters. The maximum atomic E-state index is 5.79. The van der Waals surface area contributed by atoms with E-state index in [1.165, 1.54) is 5.56 Å². The van der Waals surface area contributed by atoms with Gasteiger partial charge in [0.15, 0.2) is 0 Å². The summed E-state index contributed by atoms with van der Waals surface area (Å²) >= 11 is 0. The van der Waals surface area contributed by atoms with Gasteiger partial charge in [0, 0.05) is 35.8 Å². The first-order valence-electron chi connectivity index (χ1n) is 7.22. The third kappa shape index (κ3) is 2.85. The van der Waals surface area contributed by atoms with E-state index < -0.39 is 0 Å². The standard InChI is InChI=1S/C17H20N2O2/c1-12-11-21-15-8-4-3-7-14(15)16(12)19-10-13-6-5-9-18-17(13)20-2/h3-9,12,16,19H,10-11H2,1-2H3. The molecular weight excluding hydrogens is 264 g/mol. The molecule has 0 fully saturated rings. The maximum Gasteiger partial charge on any atom is 0.217 e. The zero-order chi connectivity index (χ0) is 14.7. The number of fused-ring (bicyclic) bond motifs is 1. The van der Waals surface area contributed by atoms with Crippen LogP contribution >= 0.6 is 0 Å². The van der Waals surface area contributed by atoms with Crippen molar-refractivity contribution < 1.29 is 9.47 Å². The molecule has 0 saturated heterocycles. The van der Waals surface area contributed by atoms with Gasteiger partial charge in [0.25, 0.3) is 0 Å². The molecule has 0 spiro atoms. The smallest absolute Gasteiger partial charge is 0.217 e. The molecule has 1 N–H and O–H groups in total. The number of nitrogens with zero attached hydrogens (tertiary/aromatic N) is 1. The molecule has 4 heteroatoms. The first-order chi connectivity index (χ1) is 10.3. The number of benzene rings is 1. The fourth-order valence-corrected chi connectivity index (χ4v) is 2.77. The van der Waals surface area contributed by atoms with Crippen LogP contribution in [-0.2, 0) is 6.54 Å². The molecule has 1 aliphatic rings. The summed E-state index contributed by atoms with van der Waals surface area (Å²) in [7, 11) is 1.65. The molecule has 2 aromatic rings. The van der Waals surface area contributed by atoms with E-state index in [9.17, 15) is 0 Å². The van der Waals surface area contributed by atoms with E-state index in [0.29, 0.717) is 11.8 Å². The van der Waals surface area contributed by atoms with Crippen molar-refractivity contribution in [3.05, 3.63) is 53.7 Å². The molecule has 0 radical (unpaired) electrons. The summed E-state index contributed by atoms with van der Waals surface area (Å²) in [5.74, 6) is 2.08. The Morgan fingerprint density at radius 2 is 2.14 bits per heavy atom. The number of aromatic nitrogens is 1. The van der Waals surface area contributed by atoms with Gasteiger partial charge in [-0.15, -0.1) is 0 Å². The summed E-state index contributed by atoms with van der Waals surface area (Å²) < 4.78 is 11.1. The van der Waals surface area contributed by atoms with Gasteiger partial charge < -0.3 is 14.8 Å². The van der Waals surface area contributed by atoms with Gasteiger partial charge in [0.05, 0.1) is 13.7 Å². The summed E-state index contributed by atoms with van der Waals surface area (Å²) in [6, 6.07) is 12.5. The summed E-state index contributed by atoms with van der Waals surface area (Å²) in [5, 5.41) is 3.62. The lowest BCUT2D eigenvalue weighted by Gasteiger charge is -2.32. The molecular formula is C17H20N2O2. The van der Waals surface area contributed by atoms with Gasteiger partial charge in [-0.25, -0.2) is 4.98 Å². The number of rotatable bonds is 4. The Balaban J connectivity index is 1.78. The van der Waals surface area contributed by atoms with E-state index >= 15 is 0 Å². The van der Waals surface area contributed by atoms with Crippen molar-refractivity contribution in [2.45, 2.75) is 19.5 Å². The van der Waals surface area contributed by atoms with Gasteiger partial charge >= 0.3 is 0 Å². The molecule has 2 unspecified atom stereocenters. The van der Waals surface area contributed by atoms with E-state index in [1.807, 2.05) is 24.3 Å². The molecule has 1 aromatic heterocycles. The number of nitrogens with one attached hydrogen (secondary N) is 1. The summed E-state index contributed by atoms with van der Waals surface area (Å²) in [5.41, 5.74) is 2.29. The lowest BCUT2D eigenvalue weighted by molar-refractivity contribution is 0.187. The van der Waals surface area contributed by atoms with Crippen LogP contribution in [-0.4, -0.2) is 18.7 Å². The highest BCUT2D eigenvalue weighted by Crippen LogP contribution is 2.35. The van der Waals surface area contributed by atoms with E-state index in [2.05, 4.69) is 29.4 Å². The second-order valence-electron chi connectivity index (χ2n) is 5.36. The second-order valence-corrected chi connectivity index (χ2v) is 5.36. The zero-order valence-electron chi connectivity index (χ0n) is 12.4.